The summed E-state index contributed by atoms with van der Waals surface area (Å²) >= 11 is 5.94. The number of rotatable bonds is 4. The second kappa shape index (κ2) is 6.39. The minimum atomic E-state index is -0.357. The summed E-state index contributed by atoms with van der Waals surface area (Å²) in [5.41, 5.74) is 6.85. The van der Waals surface area contributed by atoms with Crippen LogP contribution in [0.25, 0.3) is 0 Å². The van der Waals surface area contributed by atoms with Crippen molar-refractivity contribution in [1.29, 1.82) is 0 Å². The Bertz CT molecular complexity index is 611. The highest BCUT2D eigenvalue weighted by Crippen LogP contribution is 2.21. The Morgan fingerprint density at radius 1 is 1.20 bits per heavy atom. The molecule has 5 heteroatoms. The average Bonchev–Trinajstić information content (AvgIpc) is 2.41. The summed E-state index contributed by atoms with van der Waals surface area (Å²) < 4.78 is 13.4. The number of carbonyl (C=O) groups is 1. The van der Waals surface area contributed by atoms with E-state index in [0.717, 1.165) is 0 Å². The van der Waals surface area contributed by atoms with E-state index in [9.17, 15) is 9.18 Å². The number of amides is 1. The molecule has 0 aliphatic carbocycles. The van der Waals surface area contributed by atoms with Gasteiger partial charge in [-0.3, -0.25) is 4.79 Å². The van der Waals surface area contributed by atoms with Crippen LogP contribution >= 0.6 is 11.6 Å². The molecule has 0 aliphatic rings. The Hall–Kier alpha value is -2.07. The van der Waals surface area contributed by atoms with Crippen LogP contribution in [0.4, 0.5) is 10.1 Å². The maximum Gasteiger partial charge on any atom is 0.254 e. The van der Waals surface area contributed by atoms with Crippen molar-refractivity contribution in [2.24, 2.45) is 0 Å². The SMILES string of the molecule is Nc1cccc(Cl)c1C(=O)NCCc1ccccc1F. The van der Waals surface area contributed by atoms with Gasteiger partial charge in [0, 0.05) is 12.2 Å². The van der Waals surface area contributed by atoms with Crippen molar-refractivity contribution in [3.63, 3.8) is 0 Å². The van der Waals surface area contributed by atoms with Crippen molar-refractivity contribution in [3.8, 4) is 0 Å². The summed E-state index contributed by atoms with van der Waals surface area (Å²) in [6.07, 6.45) is 0.406. The molecule has 2 aromatic rings. The van der Waals surface area contributed by atoms with Crippen molar-refractivity contribution in [1.82, 2.24) is 5.32 Å². The summed E-state index contributed by atoms with van der Waals surface area (Å²) in [4.78, 5) is 12.0. The van der Waals surface area contributed by atoms with E-state index in [4.69, 9.17) is 17.3 Å². The number of carbonyl (C=O) groups excluding carboxylic acids is 1. The summed E-state index contributed by atoms with van der Waals surface area (Å²) in [6.45, 7) is 0.310. The van der Waals surface area contributed by atoms with Gasteiger partial charge in [0.1, 0.15) is 5.82 Å². The van der Waals surface area contributed by atoms with Crippen molar-refractivity contribution in [2.45, 2.75) is 6.42 Å². The molecular weight excluding hydrogens is 279 g/mol. The van der Waals surface area contributed by atoms with Crippen LogP contribution in [0.5, 0.6) is 0 Å². The summed E-state index contributed by atoms with van der Waals surface area (Å²) in [6, 6.07) is 11.3. The van der Waals surface area contributed by atoms with Crippen LogP contribution < -0.4 is 11.1 Å². The molecule has 0 saturated heterocycles. The Morgan fingerprint density at radius 3 is 2.65 bits per heavy atom. The van der Waals surface area contributed by atoms with E-state index in [1.165, 1.54) is 6.07 Å². The number of hydrogen-bond acceptors (Lipinski definition) is 2. The molecular formula is C15H14ClFN2O. The zero-order valence-corrected chi connectivity index (χ0v) is 11.5. The van der Waals surface area contributed by atoms with E-state index in [2.05, 4.69) is 5.32 Å². The first-order valence-corrected chi connectivity index (χ1v) is 6.53. The van der Waals surface area contributed by atoms with E-state index in [-0.39, 0.29) is 17.3 Å². The monoisotopic (exact) mass is 292 g/mol. The molecule has 1 amide bonds. The molecule has 0 heterocycles. The fraction of sp³-hybridized carbons (Fsp3) is 0.133. The molecule has 0 fully saturated rings. The summed E-state index contributed by atoms with van der Waals surface area (Å²) in [5.74, 6) is -0.636. The molecule has 0 spiro atoms. The second-order valence-corrected chi connectivity index (χ2v) is 4.71. The van der Waals surface area contributed by atoms with E-state index >= 15 is 0 Å². The molecule has 3 N–H and O–H groups in total. The summed E-state index contributed by atoms with van der Waals surface area (Å²) in [5, 5.41) is 2.99. The quantitative estimate of drug-likeness (QED) is 0.851. The fourth-order valence-electron chi connectivity index (χ4n) is 1.88. The van der Waals surface area contributed by atoms with Gasteiger partial charge in [0.2, 0.25) is 0 Å². The summed E-state index contributed by atoms with van der Waals surface area (Å²) in [7, 11) is 0. The van der Waals surface area contributed by atoms with E-state index < -0.39 is 0 Å². The Labute approximate surface area is 121 Å². The largest absolute Gasteiger partial charge is 0.398 e. The standard InChI is InChI=1S/C15H14ClFN2O/c16-11-5-3-7-13(18)14(11)15(20)19-9-8-10-4-1-2-6-12(10)17/h1-7H,8-9,18H2,(H,19,20). The van der Waals surface area contributed by atoms with E-state index in [1.54, 1.807) is 36.4 Å². The Balaban J connectivity index is 1.98. The normalized spacial score (nSPS) is 10.3. The average molecular weight is 293 g/mol. The fourth-order valence-corrected chi connectivity index (χ4v) is 2.15. The first-order valence-electron chi connectivity index (χ1n) is 6.15. The molecule has 0 atom stereocenters. The lowest BCUT2D eigenvalue weighted by Gasteiger charge is -2.09. The predicted octanol–water partition coefficient (Wildman–Crippen LogP) is 3.03. The van der Waals surface area contributed by atoms with Gasteiger partial charge in [-0.1, -0.05) is 35.9 Å². The van der Waals surface area contributed by atoms with Gasteiger partial charge in [-0.05, 0) is 30.2 Å². The number of nitrogens with two attached hydrogens (primary N) is 1. The maximum atomic E-state index is 13.4. The molecule has 20 heavy (non-hydrogen) atoms. The number of nitrogens with one attached hydrogen (secondary N) is 1. The van der Waals surface area contributed by atoms with Gasteiger partial charge in [0.15, 0.2) is 0 Å². The third-order valence-electron chi connectivity index (χ3n) is 2.91. The molecule has 0 saturated carbocycles. The molecule has 3 nitrogen and oxygen atoms in total. The Kier molecular flexibility index (Phi) is 4.58. The van der Waals surface area contributed by atoms with Crippen molar-refractivity contribution < 1.29 is 9.18 Å². The van der Waals surface area contributed by atoms with Gasteiger partial charge in [0.05, 0.1) is 10.6 Å². The van der Waals surface area contributed by atoms with Gasteiger partial charge >= 0.3 is 0 Å². The molecule has 2 aromatic carbocycles. The molecule has 0 bridgehead atoms. The number of hydrogen-bond donors (Lipinski definition) is 2. The minimum Gasteiger partial charge on any atom is -0.398 e. The molecule has 0 aromatic heterocycles. The van der Waals surface area contributed by atoms with Crippen molar-refractivity contribution in [3.05, 3.63) is 64.4 Å². The second-order valence-electron chi connectivity index (χ2n) is 4.30. The van der Waals surface area contributed by atoms with Crippen LogP contribution in [-0.4, -0.2) is 12.5 Å². The lowest BCUT2D eigenvalue weighted by molar-refractivity contribution is 0.0955. The highest BCUT2D eigenvalue weighted by molar-refractivity contribution is 6.34. The molecule has 0 aliphatic heterocycles. The number of nitrogen functional groups attached to an aromatic ring is 1. The highest BCUT2D eigenvalue weighted by Gasteiger charge is 2.13. The number of halogens is 2. The van der Waals surface area contributed by atoms with Gasteiger partial charge in [0.25, 0.3) is 5.91 Å². The van der Waals surface area contributed by atoms with Crippen molar-refractivity contribution in [2.75, 3.05) is 12.3 Å². The maximum absolute atomic E-state index is 13.4. The Morgan fingerprint density at radius 2 is 1.95 bits per heavy atom. The van der Waals surface area contributed by atoms with Crippen LogP contribution in [-0.2, 0) is 6.42 Å². The first-order chi connectivity index (χ1) is 9.59. The smallest absolute Gasteiger partial charge is 0.254 e. The van der Waals surface area contributed by atoms with Gasteiger partial charge in [-0.2, -0.15) is 0 Å². The lowest BCUT2D eigenvalue weighted by Crippen LogP contribution is -2.27. The zero-order chi connectivity index (χ0) is 14.5. The van der Waals surface area contributed by atoms with Gasteiger partial charge in [-0.15, -0.1) is 0 Å². The van der Waals surface area contributed by atoms with Crippen LogP contribution in [0.15, 0.2) is 42.5 Å². The molecule has 104 valence electrons. The minimum absolute atomic E-state index is 0.253. The third-order valence-corrected chi connectivity index (χ3v) is 3.23. The molecule has 0 unspecified atom stereocenters. The first kappa shape index (κ1) is 14.3. The van der Waals surface area contributed by atoms with Crippen LogP contribution in [0.1, 0.15) is 15.9 Å². The van der Waals surface area contributed by atoms with Crippen LogP contribution in [0.2, 0.25) is 5.02 Å². The van der Waals surface area contributed by atoms with E-state index in [0.29, 0.717) is 29.2 Å². The topological polar surface area (TPSA) is 55.1 Å². The molecule has 2 rings (SSSR count). The van der Waals surface area contributed by atoms with Gasteiger partial charge in [-0.25, -0.2) is 4.39 Å². The number of benzene rings is 2. The highest BCUT2D eigenvalue weighted by atomic mass is 35.5. The lowest BCUT2D eigenvalue weighted by atomic mass is 10.1. The van der Waals surface area contributed by atoms with Gasteiger partial charge < -0.3 is 11.1 Å². The third kappa shape index (κ3) is 3.27. The van der Waals surface area contributed by atoms with Crippen LogP contribution in [0.3, 0.4) is 0 Å². The molecule has 0 radical (unpaired) electrons. The van der Waals surface area contributed by atoms with E-state index in [1.807, 2.05) is 0 Å². The number of anilines is 1. The predicted molar refractivity (Wildman–Crippen MR) is 78.3 cm³/mol. The van der Waals surface area contributed by atoms with Crippen LogP contribution in [0, 0.1) is 5.82 Å². The zero-order valence-electron chi connectivity index (χ0n) is 10.7. The van der Waals surface area contributed by atoms with Crippen molar-refractivity contribution >= 4 is 23.2 Å².